The highest BCUT2D eigenvalue weighted by Crippen LogP contribution is 2.33. The zero-order chi connectivity index (χ0) is 20.3. The molecule has 0 fully saturated rings. The predicted molar refractivity (Wildman–Crippen MR) is 107 cm³/mol. The van der Waals surface area contributed by atoms with E-state index in [9.17, 15) is 19.7 Å². The lowest BCUT2D eigenvalue weighted by Gasteiger charge is -2.09. The molecular formula is C20H16N2O5S. The molecule has 0 bridgehead atoms. The number of amides is 1. The molecule has 0 aliphatic carbocycles. The number of anilines is 1. The Morgan fingerprint density at radius 1 is 1.11 bits per heavy atom. The summed E-state index contributed by atoms with van der Waals surface area (Å²) in [5, 5.41) is 15.9. The predicted octanol–water partition coefficient (Wildman–Crippen LogP) is 5.21. The van der Waals surface area contributed by atoms with E-state index in [-0.39, 0.29) is 28.7 Å². The lowest BCUT2D eigenvalue weighted by Crippen LogP contribution is -2.11. The highest BCUT2D eigenvalue weighted by Gasteiger charge is 2.18. The summed E-state index contributed by atoms with van der Waals surface area (Å²) in [5.74, 6) is -0.0719. The fourth-order valence-electron chi connectivity index (χ4n) is 2.49. The molecule has 0 saturated heterocycles. The molecule has 0 aliphatic heterocycles. The molecule has 0 aliphatic rings. The van der Waals surface area contributed by atoms with Crippen LogP contribution in [0, 0.1) is 17.0 Å². The average Bonchev–Trinajstić information content (AvgIpc) is 3.09. The molecule has 0 unspecified atom stereocenters. The highest BCUT2D eigenvalue weighted by molar-refractivity contribution is 7.12. The van der Waals surface area contributed by atoms with Gasteiger partial charge in [-0.25, -0.2) is 0 Å². The van der Waals surface area contributed by atoms with E-state index in [2.05, 4.69) is 5.32 Å². The molecule has 28 heavy (non-hydrogen) atoms. The van der Waals surface area contributed by atoms with E-state index in [1.165, 1.54) is 36.5 Å². The number of ketones is 1. The first-order chi connectivity index (χ1) is 13.3. The summed E-state index contributed by atoms with van der Waals surface area (Å²) >= 11 is 1.36. The van der Waals surface area contributed by atoms with E-state index < -0.39 is 4.92 Å². The standard InChI is InChI=1S/C20H16N2O5S/c1-12-9-10-28-19(12)20(24)21-15-4-6-16(7-5-15)27-18-8-3-14(13(2)23)11-17(18)22(25)26/h3-11H,1-2H3,(H,21,24). The molecule has 3 aromatic rings. The molecule has 1 amide bonds. The van der Waals surface area contributed by atoms with Gasteiger partial charge in [0.2, 0.25) is 5.75 Å². The van der Waals surface area contributed by atoms with Crippen molar-refractivity contribution < 1.29 is 19.2 Å². The van der Waals surface area contributed by atoms with E-state index in [1.807, 2.05) is 18.4 Å². The van der Waals surface area contributed by atoms with Crippen LogP contribution in [0.2, 0.25) is 0 Å². The van der Waals surface area contributed by atoms with Crippen LogP contribution in [-0.2, 0) is 0 Å². The SMILES string of the molecule is CC(=O)c1ccc(Oc2ccc(NC(=O)c3sccc3C)cc2)c([N+](=O)[O-])c1. The number of carbonyl (C=O) groups excluding carboxylic acids is 2. The van der Waals surface area contributed by atoms with Crippen molar-refractivity contribution >= 4 is 34.4 Å². The van der Waals surface area contributed by atoms with Crippen molar-refractivity contribution in [2.45, 2.75) is 13.8 Å². The van der Waals surface area contributed by atoms with Gasteiger partial charge in [-0.3, -0.25) is 19.7 Å². The first-order valence-corrected chi connectivity index (χ1v) is 9.16. The van der Waals surface area contributed by atoms with Crippen LogP contribution in [0.4, 0.5) is 11.4 Å². The molecular weight excluding hydrogens is 380 g/mol. The number of carbonyl (C=O) groups is 2. The summed E-state index contributed by atoms with van der Waals surface area (Å²) in [6, 6.07) is 12.4. The second-order valence-corrected chi connectivity index (χ2v) is 6.93. The van der Waals surface area contributed by atoms with E-state index in [1.54, 1.807) is 24.3 Å². The molecule has 142 valence electrons. The third kappa shape index (κ3) is 4.24. The van der Waals surface area contributed by atoms with Gasteiger partial charge in [0.05, 0.1) is 9.80 Å². The largest absolute Gasteiger partial charge is 0.450 e. The maximum atomic E-state index is 12.2. The Hall–Kier alpha value is -3.52. The number of nitrogens with zero attached hydrogens (tertiary/aromatic N) is 1. The van der Waals surface area contributed by atoms with E-state index in [0.717, 1.165) is 5.56 Å². The minimum absolute atomic E-state index is 0.0287. The summed E-state index contributed by atoms with van der Waals surface area (Å²) in [5.41, 5.74) is 1.43. The van der Waals surface area contributed by atoms with Gasteiger partial charge < -0.3 is 10.1 Å². The highest BCUT2D eigenvalue weighted by atomic mass is 32.1. The van der Waals surface area contributed by atoms with E-state index >= 15 is 0 Å². The van der Waals surface area contributed by atoms with Crippen LogP contribution in [0.5, 0.6) is 11.5 Å². The third-order valence-corrected chi connectivity index (χ3v) is 4.99. The molecule has 8 heteroatoms. The van der Waals surface area contributed by atoms with Gasteiger partial charge in [-0.1, -0.05) is 0 Å². The van der Waals surface area contributed by atoms with Gasteiger partial charge in [0.1, 0.15) is 5.75 Å². The molecule has 7 nitrogen and oxygen atoms in total. The number of thiophene rings is 1. The monoisotopic (exact) mass is 396 g/mol. The summed E-state index contributed by atoms with van der Waals surface area (Å²) in [7, 11) is 0. The molecule has 0 saturated carbocycles. The molecule has 1 N–H and O–H groups in total. The number of Topliss-reactive ketones (excluding diaryl/α,β-unsaturated/α-hetero) is 1. The molecule has 0 spiro atoms. The number of ether oxygens (including phenoxy) is 1. The quantitative estimate of drug-likeness (QED) is 0.350. The minimum Gasteiger partial charge on any atom is -0.450 e. The number of hydrogen-bond donors (Lipinski definition) is 1. The Labute approximate surface area is 164 Å². The van der Waals surface area contributed by atoms with Crippen molar-refractivity contribution in [3.05, 3.63) is 80.0 Å². The van der Waals surface area contributed by atoms with Gasteiger partial charge in [-0.2, -0.15) is 0 Å². The van der Waals surface area contributed by atoms with Crippen LogP contribution in [0.25, 0.3) is 0 Å². The maximum absolute atomic E-state index is 12.2. The normalized spacial score (nSPS) is 10.4. The van der Waals surface area contributed by atoms with Crippen LogP contribution in [-0.4, -0.2) is 16.6 Å². The van der Waals surface area contributed by atoms with Gasteiger partial charge in [-0.05, 0) is 67.3 Å². The Morgan fingerprint density at radius 3 is 2.39 bits per heavy atom. The first-order valence-electron chi connectivity index (χ1n) is 8.28. The molecule has 1 aromatic heterocycles. The topological polar surface area (TPSA) is 98.5 Å². The van der Waals surface area contributed by atoms with Crippen LogP contribution in [0.1, 0.15) is 32.5 Å². The van der Waals surface area contributed by atoms with Gasteiger partial charge in [0, 0.05) is 17.3 Å². The number of hydrogen-bond acceptors (Lipinski definition) is 6. The summed E-state index contributed by atoms with van der Waals surface area (Å²) in [6.45, 7) is 3.21. The average molecular weight is 396 g/mol. The second-order valence-electron chi connectivity index (χ2n) is 6.01. The van der Waals surface area contributed by atoms with Gasteiger partial charge in [0.15, 0.2) is 5.78 Å². The van der Waals surface area contributed by atoms with Crippen LogP contribution < -0.4 is 10.1 Å². The first kappa shape index (κ1) is 19.2. The van der Waals surface area contributed by atoms with Crippen molar-refractivity contribution in [3.8, 4) is 11.5 Å². The lowest BCUT2D eigenvalue weighted by molar-refractivity contribution is -0.385. The van der Waals surface area contributed by atoms with E-state index in [0.29, 0.717) is 16.3 Å². The lowest BCUT2D eigenvalue weighted by atomic mass is 10.1. The van der Waals surface area contributed by atoms with Crippen molar-refractivity contribution in [2.75, 3.05) is 5.32 Å². The Bertz CT molecular complexity index is 1060. The number of rotatable bonds is 6. The maximum Gasteiger partial charge on any atom is 0.312 e. The zero-order valence-electron chi connectivity index (χ0n) is 15.1. The van der Waals surface area contributed by atoms with Crippen LogP contribution >= 0.6 is 11.3 Å². The van der Waals surface area contributed by atoms with Crippen molar-refractivity contribution in [3.63, 3.8) is 0 Å². The second kappa shape index (κ2) is 8.01. The Kier molecular flexibility index (Phi) is 5.51. The molecule has 0 atom stereocenters. The Morgan fingerprint density at radius 2 is 1.82 bits per heavy atom. The number of nitro benzene ring substituents is 1. The number of nitro groups is 1. The third-order valence-electron chi connectivity index (χ3n) is 3.97. The zero-order valence-corrected chi connectivity index (χ0v) is 15.9. The van der Waals surface area contributed by atoms with Crippen molar-refractivity contribution in [2.24, 2.45) is 0 Å². The number of benzene rings is 2. The van der Waals surface area contributed by atoms with E-state index in [4.69, 9.17) is 4.74 Å². The van der Waals surface area contributed by atoms with Crippen LogP contribution in [0.15, 0.2) is 53.9 Å². The number of nitrogens with one attached hydrogen (secondary N) is 1. The fourth-order valence-corrected chi connectivity index (χ4v) is 3.31. The van der Waals surface area contributed by atoms with Crippen molar-refractivity contribution in [1.29, 1.82) is 0 Å². The van der Waals surface area contributed by atoms with Gasteiger partial charge in [0.25, 0.3) is 5.91 Å². The molecule has 2 aromatic carbocycles. The number of aryl methyl sites for hydroxylation is 1. The summed E-state index contributed by atoms with van der Waals surface area (Å²) < 4.78 is 5.59. The van der Waals surface area contributed by atoms with Gasteiger partial charge >= 0.3 is 5.69 Å². The van der Waals surface area contributed by atoms with Crippen molar-refractivity contribution in [1.82, 2.24) is 0 Å². The fraction of sp³-hybridized carbons (Fsp3) is 0.100. The summed E-state index contributed by atoms with van der Waals surface area (Å²) in [4.78, 5) is 35.0. The summed E-state index contributed by atoms with van der Waals surface area (Å²) in [6.07, 6.45) is 0. The Balaban J connectivity index is 1.76. The molecule has 0 radical (unpaired) electrons. The minimum atomic E-state index is -0.597. The van der Waals surface area contributed by atoms with Gasteiger partial charge in [-0.15, -0.1) is 11.3 Å². The molecule has 1 heterocycles. The smallest absolute Gasteiger partial charge is 0.312 e. The van der Waals surface area contributed by atoms with Crippen LogP contribution in [0.3, 0.4) is 0 Å². The molecule has 3 rings (SSSR count).